The van der Waals surface area contributed by atoms with E-state index in [4.69, 9.17) is 9.15 Å². The number of sulfonamides is 1. The van der Waals surface area contributed by atoms with Crippen molar-refractivity contribution < 1.29 is 32.3 Å². The number of amides is 2. The molecule has 2 atom stereocenters. The van der Waals surface area contributed by atoms with E-state index in [2.05, 4.69) is 25.5 Å². The highest BCUT2D eigenvalue weighted by molar-refractivity contribution is 7.89. The zero-order chi connectivity index (χ0) is 36.4. The fraction of sp³-hybridized carbons (Fsp3) is 0.486. The quantitative estimate of drug-likeness (QED) is 0.136. The number of benzene rings is 2. The summed E-state index contributed by atoms with van der Waals surface area (Å²) in [6.07, 6.45) is 2.23. The lowest BCUT2D eigenvalue weighted by molar-refractivity contribution is -0.117. The van der Waals surface area contributed by atoms with E-state index in [9.17, 15) is 23.1 Å². The molecule has 2 amide bonds. The third-order valence-corrected chi connectivity index (χ3v) is 11.1. The first-order chi connectivity index (χ1) is 24.5. The monoisotopic (exact) mass is 741 g/mol. The topological polar surface area (TPSA) is 170 Å². The van der Waals surface area contributed by atoms with Crippen LogP contribution in [-0.4, -0.2) is 115 Å². The summed E-state index contributed by atoms with van der Waals surface area (Å²) < 4.78 is 40.5. The maximum Gasteiger partial charge on any atom is 0.407 e. The predicted molar refractivity (Wildman–Crippen MR) is 195 cm³/mol. The summed E-state index contributed by atoms with van der Waals surface area (Å²) in [5.74, 6) is -0.373. The maximum atomic E-state index is 14.1. The fourth-order valence-electron chi connectivity index (χ4n) is 5.88. The van der Waals surface area contributed by atoms with Gasteiger partial charge in [-0.3, -0.25) is 20.0 Å². The fourth-order valence-corrected chi connectivity index (χ4v) is 8.02. The molecule has 0 aliphatic carbocycles. The Balaban J connectivity index is 1.27. The van der Waals surface area contributed by atoms with E-state index in [1.54, 1.807) is 11.7 Å². The first-order valence-corrected chi connectivity index (χ1v) is 19.4. The number of ether oxygens (including phenoxy) is 1. The Morgan fingerprint density at radius 2 is 1.88 bits per heavy atom. The number of anilines is 1. The van der Waals surface area contributed by atoms with Crippen LogP contribution < -0.4 is 10.6 Å². The van der Waals surface area contributed by atoms with Crippen molar-refractivity contribution in [3.8, 4) is 0 Å². The van der Waals surface area contributed by atoms with Gasteiger partial charge in [-0.05, 0) is 63.0 Å². The number of nitrogens with zero attached hydrogens (tertiary/aromatic N) is 5. The molecule has 3 heterocycles. The summed E-state index contributed by atoms with van der Waals surface area (Å²) in [6.45, 7) is 7.58. The Labute approximate surface area is 302 Å². The van der Waals surface area contributed by atoms with Gasteiger partial charge in [0.1, 0.15) is 12.1 Å². The Morgan fingerprint density at radius 3 is 2.59 bits per heavy atom. The molecule has 16 heteroatoms. The smallest absolute Gasteiger partial charge is 0.407 e. The van der Waals surface area contributed by atoms with Gasteiger partial charge in [0.25, 0.3) is 0 Å². The molecule has 1 aliphatic rings. The summed E-state index contributed by atoms with van der Waals surface area (Å²) in [5.41, 5.74) is 3.05. The number of likely N-dealkylation sites (tertiary alicyclic amines) is 1. The summed E-state index contributed by atoms with van der Waals surface area (Å²) in [4.78, 5) is 38.8. The molecule has 2 aromatic heterocycles. The molecule has 1 aliphatic heterocycles. The molecule has 14 nitrogen and oxygen atoms in total. The van der Waals surface area contributed by atoms with E-state index < -0.39 is 28.3 Å². The van der Waals surface area contributed by atoms with Crippen molar-refractivity contribution in [2.24, 2.45) is 5.92 Å². The number of nitrogens with one attached hydrogen (secondary N) is 2. The highest BCUT2D eigenvalue weighted by Gasteiger charge is 2.32. The summed E-state index contributed by atoms with van der Waals surface area (Å²) >= 11 is 1.35. The lowest BCUT2D eigenvalue weighted by Gasteiger charge is -2.30. The van der Waals surface area contributed by atoms with Crippen molar-refractivity contribution in [3.05, 3.63) is 70.7 Å². The van der Waals surface area contributed by atoms with Crippen molar-refractivity contribution in [2.45, 2.75) is 56.8 Å². The molecule has 51 heavy (non-hydrogen) atoms. The lowest BCUT2D eigenvalue weighted by Crippen LogP contribution is -2.51. The minimum absolute atomic E-state index is 0.0178. The predicted octanol–water partition coefficient (Wildman–Crippen LogP) is 3.80. The first kappa shape index (κ1) is 38.3. The number of likely N-dealkylation sites (N-methyl/N-ethyl adjacent to an activating group) is 1. The third-order valence-electron chi connectivity index (χ3n) is 8.51. The number of aliphatic hydroxyl groups excluding tert-OH is 1. The Morgan fingerprint density at radius 1 is 1.12 bits per heavy atom. The number of thiazole rings is 1. The molecule has 0 radical (unpaired) electrons. The Hall–Kier alpha value is -3.93. The number of hydrogen-bond acceptors (Lipinski definition) is 12. The van der Waals surface area contributed by atoms with Gasteiger partial charge < -0.3 is 24.5 Å². The molecular formula is C35H47N7O7S2. The van der Waals surface area contributed by atoms with Gasteiger partial charge in [-0.15, -0.1) is 11.3 Å². The lowest BCUT2D eigenvalue weighted by atomic mass is 10.0. The summed E-state index contributed by atoms with van der Waals surface area (Å²) in [5, 5.41) is 16.9. The molecule has 2 unspecified atom stereocenters. The van der Waals surface area contributed by atoms with Crippen LogP contribution >= 0.6 is 11.3 Å². The van der Waals surface area contributed by atoms with Crippen LogP contribution in [0, 0.1) is 5.92 Å². The zero-order valence-corrected chi connectivity index (χ0v) is 30.9. The second kappa shape index (κ2) is 18.0. The van der Waals surface area contributed by atoms with Crippen LogP contribution in [0.5, 0.6) is 0 Å². The van der Waals surface area contributed by atoms with Gasteiger partial charge in [0.05, 0.1) is 34.0 Å². The minimum Gasteiger partial charge on any atom is -0.444 e. The molecule has 1 fully saturated rings. The van der Waals surface area contributed by atoms with Crippen molar-refractivity contribution in [1.29, 1.82) is 0 Å². The number of fused-ring (bicyclic) bond motifs is 1. The molecule has 0 bridgehead atoms. The van der Waals surface area contributed by atoms with Gasteiger partial charge >= 0.3 is 12.1 Å². The van der Waals surface area contributed by atoms with Gasteiger partial charge in [-0.1, -0.05) is 44.2 Å². The van der Waals surface area contributed by atoms with Crippen LogP contribution in [0.25, 0.3) is 11.1 Å². The number of carbonyl (C=O) groups is 2. The number of oxazole rings is 1. The molecule has 1 saturated heterocycles. The van der Waals surface area contributed by atoms with Crippen LogP contribution in [-0.2, 0) is 32.6 Å². The van der Waals surface area contributed by atoms with Gasteiger partial charge in [0.15, 0.2) is 5.58 Å². The van der Waals surface area contributed by atoms with Crippen molar-refractivity contribution in [3.63, 3.8) is 0 Å². The van der Waals surface area contributed by atoms with Crippen molar-refractivity contribution in [1.82, 2.24) is 29.4 Å². The van der Waals surface area contributed by atoms with Crippen LogP contribution in [0.2, 0.25) is 0 Å². The SMILES string of the molecule is CC(C)CN(CC(O)C(Cc1ccccc1)NC(=O)OCc1cncs1)S(=O)(=O)c1ccc2nc(NC(=O)CN(C)CCN3CCCC3)oc2c1. The highest BCUT2D eigenvalue weighted by atomic mass is 32.2. The van der Waals surface area contributed by atoms with E-state index in [0.717, 1.165) is 36.6 Å². The largest absolute Gasteiger partial charge is 0.444 e. The molecule has 2 aromatic carbocycles. The van der Waals surface area contributed by atoms with Crippen LogP contribution in [0.1, 0.15) is 37.1 Å². The number of aliphatic hydroxyl groups is 1. The number of hydrogen-bond donors (Lipinski definition) is 3. The number of rotatable bonds is 18. The summed E-state index contributed by atoms with van der Waals surface area (Å²) in [6, 6.07) is 12.7. The zero-order valence-electron chi connectivity index (χ0n) is 29.2. The molecule has 4 aromatic rings. The van der Waals surface area contributed by atoms with Gasteiger partial charge in [-0.25, -0.2) is 13.2 Å². The van der Waals surface area contributed by atoms with Crippen molar-refractivity contribution in [2.75, 3.05) is 58.2 Å². The van der Waals surface area contributed by atoms with Gasteiger partial charge in [0.2, 0.25) is 15.9 Å². The molecule has 5 rings (SSSR count). The second-order valence-corrected chi connectivity index (χ2v) is 16.2. The molecule has 0 saturated carbocycles. The van der Waals surface area contributed by atoms with E-state index in [1.807, 2.05) is 56.1 Å². The number of carbonyl (C=O) groups excluding carboxylic acids is 2. The van der Waals surface area contributed by atoms with Crippen LogP contribution in [0.4, 0.5) is 10.8 Å². The summed E-state index contributed by atoms with van der Waals surface area (Å²) in [7, 11) is -2.28. The number of aromatic nitrogens is 2. The minimum atomic E-state index is -4.16. The van der Waals surface area contributed by atoms with Gasteiger partial charge in [0, 0.05) is 38.4 Å². The Kier molecular flexibility index (Phi) is 13.5. The first-order valence-electron chi connectivity index (χ1n) is 17.1. The highest BCUT2D eigenvalue weighted by Crippen LogP contribution is 2.26. The molecule has 276 valence electrons. The second-order valence-electron chi connectivity index (χ2n) is 13.3. The van der Waals surface area contributed by atoms with E-state index in [0.29, 0.717) is 5.52 Å². The third kappa shape index (κ3) is 11.3. The van der Waals surface area contributed by atoms with Crippen molar-refractivity contribution >= 4 is 50.5 Å². The normalized spacial score (nSPS) is 15.1. The number of alkyl carbamates (subject to hydrolysis) is 1. The van der Waals surface area contributed by atoms with Crippen LogP contribution in [0.15, 0.2) is 69.6 Å². The van der Waals surface area contributed by atoms with Crippen LogP contribution in [0.3, 0.4) is 0 Å². The van der Waals surface area contributed by atoms with Gasteiger partial charge in [-0.2, -0.15) is 9.29 Å². The molecular weight excluding hydrogens is 695 g/mol. The maximum absolute atomic E-state index is 14.1. The average molecular weight is 742 g/mol. The standard InChI is InChI=1S/C35H47N7O7S2/c1-25(2)20-42(21-31(43)30(17-26-9-5-4-6-10-26)38-35(45)48-23-27-19-36-24-50-27)51(46,47)28-11-12-29-32(18-28)49-34(37-29)39-33(44)22-40(3)15-16-41-13-7-8-14-41/h4-6,9-12,18-19,24-25,30-31,43H,7-8,13-17,20-23H2,1-3H3,(H,38,45)(H,37,39,44). The molecule has 3 N–H and O–H groups in total. The van der Waals surface area contributed by atoms with E-state index in [1.165, 1.54) is 46.7 Å². The molecule has 0 spiro atoms. The van der Waals surface area contributed by atoms with E-state index >= 15 is 0 Å². The van der Waals surface area contributed by atoms with E-state index in [-0.39, 0.29) is 61.0 Å². The average Bonchev–Trinajstić information content (AvgIpc) is 3.88. The Bertz CT molecular complexity index is 1810.